The Morgan fingerprint density at radius 2 is 1.75 bits per heavy atom. The van der Waals surface area contributed by atoms with E-state index in [0.717, 1.165) is 18.5 Å². The van der Waals surface area contributed by atoms with E-state index < -0.39 is 0 Å². The van der Waals surface area contributed by atoms with Gasteiger partial charge >= 0.3 is 0 Å². The lowest BCUT2D eigenvalue weighted by atomic mass is 9.67. The zero-order chi connectivity index (χ0) is 14.2. The van der Waals surface area contributed by atoms with Gasteiger partial charge in [-0.2, -0.15) is 0 Å². The van der Waals surface area contributed by atoms with Gasteiger partial charge in [-0.1, -0.05) is 33.1 Å². The molecule has 2 unspecified atom stereocenters. The minimum atomic E-state index is 0.325. The zero-order valence-corrected chi connectivity index (χ0v) is 13.7. The van der Waals surface area contributed by atoms with Gasteiger partial charge in [0, 0.05) is 18.1 Å². The molecule has 0 bridgehead atoms. The van der Waals surface area contributed by atoms with Crippen LogP contribution in [0.15, 0.2) is 0 Å². The standard InChI is InChI=1S/C18H34N2/c1-17(2)10-6-11-18(13-17,14-19)20-12-5-9-16(20)15-7-3-4-8-15/h15-16H,3-14,19H2,1-2H3. The van der Waals surface area contributed by atoms with Gasteiger partial charge in [0.2, 0.25) is 0 Å². The van der Waals surface area contributed by atoms with Crippen LogP contribution in [-0.2, 0) is 0 Å². The molecule has 0 spiro atoms. The number of nitrogens with zero attached hydrogens (tertiary/aromatic N) is 1. The summed E-state index contributed by atoms with van der Waals surface area (Å²) in [4.78, 5) is 2.91. The van der Waals surface area contributed by atoms with Crippen LogP contribution in [0, 0.1) is 11.3 Å². The fourth-order valence-corrected chi connectivity index (χ4v) is 5.71. The molecule has 3 rings (SSSR count). The summed E-state index contributed by atoms with van der Waals surface area (Å²) in [6.45, 7) is 7.10. The average molecular weight is 278 g/mol. The van der Waals surface area contributed by atoms with Crippen molar-refractivity contribution in [3.63, 3.8) is 0 Å². The zero-order valence-electron chi connectivity index (χ0n) is 13.7. The van der Waals surface area contributed by atoms with Crippen molar-refractivity contribution in [1.29, 1.82) is 0 Å². The molecule has 1 heterocycles. The first-order chi connectivity index (χ1) is 9.56. The molecule has 3 fully saturated rings. The fraction of sp³-hybridized carbons (Fsp3) is 1.00. The Bertz CT molecular complexity index is 332. The Balaban J connectivity index is 1.80. The molecule has 0 aromatic rings. The van der Waals surface area contributed by atoms with Crippen molar-refractivity contribution in [2.75, 3.05) is 13.1 Å². The summed E-state index contributed by atoms with van der Waals surface area (Å²) in [5.41, 5.74) is 7.17. The van der Waals surface area contributed by atoms with Gasteiger partial charge in [0.25, 0.3) is 0 Å². The van der Waals surface area contributed by atoms with E-state index in [9.17, 15) is 0 Å². The predicted octanol–water partition coefficient (Wildman–Crippen LogP) is 3.94. The highest BCUT2D eigenvalue weighted by molar-refractivity contribution is 5.04. The second kappa shape index (κ2) is 5.61. The van der Waals surface area contributed by atoms with Crippen molar-refractivity contribution in [1.82, 2.24) is 4.90 Å². The molecule has 0 radical (unpaired) electrons. The molecule has 2 saturated carbocycles. The first-order valence-electron chi connectivity index (χ1n) is 9.03. The molecule has 0 aromatic carbocycles. The number of hydrogen-bond donors (Lipinski definition) is 1. The molecule has 20 heavy (non-hydrogen) atoms. The van der Waals surface area contributed by atoms with E-state index in [-0.39, 0.29) is 0 Å². The first kappa shape index (κ1) is 14.8. The van der Waals surface area contributed by atoms with E-state index in [1.54, 1.807) is 0 Å². The van der Waals surface area contributed by atoms with Crippen LogP contribution in [0.5, 0.6) is 0 Å². The third-order valence-electron chi connectivity index (χ3n) is 6.54. The van der Waals surface area contributed by atoms with Crippen LogP contribution in [0.4, 0.5) is 0 Å². The van der Waals surface area contributed by atoms with Gasteiger partial charge in [-0.05, 0) is 62.8 Å². The highest BCUT2D eigenvalue weighted by Crippen LogP contribution is 2.48. The monoisotopic (exact) mass is 278 g/mol. The molecule has 3 aliphatic rings. The maximum absolute atomic E-state index is 6.36. The summed E-state index contributed by atoms with van der Waals surface area (Å²) >= 11 is 0. The molecular formula is C18H34N2. The third kappa shape index (κ3) is 2.66. The normalized spacial score (nSPS) is 39.5. The molecule has 1 aliphatic heterocycles. The van der Waals surface area contributed by atoms with Crippen molar-refractivity contribution >= 4 is 0 Å². The summed E-state index contributed by atoms with van der Waals surface area (Å²) < 4.78 is 0. The average Bonchev–Trinajstić information content (AvgIpc) is 3.07. The van der Waals surface area contributed by atoms with Crippen LogP contribution >= 0.6 is 0 Å². The molecule has 0 amide bonds. The molecule has 2 nitrogen and oxygen atoms in total. The lowest BCUT2D eigenvalue weighted by Gasteiger charge is -2.52. The van der Waals surface area contributed by atoms with Gasteiger partial charge in [0.05, 0.1) is 0 Å². The van der Waals surface area contributed by atoms with Crippen LogP contribution in [0.2, 0.25) is 0 Å². The Hall–Kier alpha value is -0.0800. The number of rotatable bonds is 3. The highest BCUT2D eigenvalue weighted by Gasteiger charge is 2.48. The second-order valence-electron chi connectivity index (χ2n) is 8.57. The SMILES string of the molecule is CC1(C)CCCC(CN)(N2CCCC2C2CCCC2)C1. The van der Waals surface area contributed by atoms with Gasteiger partial charge in [-0.3, -0.25) is 4.90 Å². The lowest BCUT2D eigenvalue weighted by Crippen LogP contribution is -2.60. The van der Waals surface area contributed by atoms with E-state index in [0.29, 0.717) is 11.0 Å². The molecule has 2 N–H and O–H groups in total. The van der Waals surface area contributed by atoms with Crippen LogP contribution < -0.4 is 5.73 Å². The van der Waals surface area contributed by atoms with Crippen molar-refractivity contribution < 1.29 is 0 Å². The maximum atomic E-state index is 6.36. The van der Waals surface area contributed by atoms with Gasteiger partial charge in [0.15, 0.2) is 0 Å². The largest absolute Gasteiger partial charge is 0.329 e. The minimum Gasteiger partial charge on any atom is -0.329 e. The smallest absolute Gasteiger partial charge is 0.0339 e. The van der Waals surface area contributed by atoms with Gasteiger partial charge in [-0.25, -0.2) is 0 Å². The van der Waals surface area contributed by atoms with E-state index in [4.69, 9.17) is 5.73 Å². The van der Waals surface area contributed by atoms with Crippen LogP contribution in [0.1, 0.15) is 78.1 Å². The topological polar surface area (TPSA) is 29.3 Å². The second-order valence-corrected chi connectivity index (χ2v) is 8.57. The number of hydrogen-bond acceptors (Lipinski definition) is 2. The van der Waals surface area contributed by atoms with E-state index in [1.807, 2.05) is 0 Å². The summed E-state index contributed by atoms with van der Waals surface area (Å²) in [7, 11) is 0. The first-order valence-corrected chi connectivity index (χ1v) is 9.03. The summed E-state index contributed by atoms with van der Waals surface area (Å²) in [6, 6.07) is 0.856. The Morgan fingerprint density at radius 3 is 2.40 bits per heavy atom. The van der Waals surface area contributed by atoms with Crippen LogP contribution in [-0.4, -0.2) is 29.6 Å². The fourth-order valence-electron chi connectivity index (χ4n) is 5.71. The lowest BCUT2D eigenvalue weighted by molar-refractivity contribution is -0.0126. The van der Waals surface area contributed by atoms with Crippen LogP contribution in [0.3, 0.4) is 0 Å². The third-order valence-corrected chi connectivity index (χ3v) is 6.54. The van der Waals surface area contributed by atoms with Crippen LogP contribution in [0.25, 0.3) is 0 Å². The summed E-state index contributed by atoms with van der Waals surface area (Å²) in [5, 5.41) is 0. The molecule has 1 saturated heterocycles. The highest BCUT2D eigenvalue weighted by atomic mass is 15.3. The van der Waals surface area contributed by atoms with Gasteiger partial charge in [0.1, 0.15) is 0 Å². The molecule has 0 aromatic heterocycles. The van der Waals surface area contributed by atoms with E-state index >= 15 is 0 Å². The van der Waals surface area contributed by atoms with Crippen molar-refractivity contribution in [3.05, 3.63) is 0 Å². The van der Waals surface area contributed by atoms with Gasteiger partial charge < -0.3 is 5.73 Å². The molecular weight excluding hydrogens is 244 g/mol. The Morgan fingerprint density at radius 1 is 1.00 bits per heavy atom. The van der Waals surface area contributed by atoms with E-state index in [1.165, 1.54) is 70.8 Å². The molecule has 2 heteroatoms. The molecule has 2 aliphatic carbocycles. The predicted molar refractivity (Wildman–Crippen MR) is 85.7 cm³/mol. The molecule has 2 atom stereocenters. The minimum absolute atomic E-state index is 0.325. The maximum Gasteiger partial charge on any atom is 0.0339 e. The Labute approximate surface area is 125 Å². The summed E-state index contributed by atoms with van der Waals surface area (Å²) in [5.74, 6) is 0.978. The molecule has 116 valence electrons. The van der Waals surface area contributed by atoms with Gasteiger partial charge in [-0.15, -0.1) is 0 Å². The number of nitrogens with two attached hydrogens (primary N) is 1. The van der Waals surface area contributed by atoms with Crippen molar-refractivity contribution in [2.24, 2.45) is 17.1 Å². The van der Waals surface area contributed by atoms with E-state index in [2.05, 4.69) is 18.7 Å². The Kier molecular flexibility index (Phi) is 4.16. The quantitative estimate of drug-likeness (QED) is 0.847. The van der Waals surface area contributed by atoms with Crippen molar-refractivity contribution in [2.45, 2.75) is 89.6 Å². The summed E-state index contributed by atoms with van der Waals surface area (Å²) in [6.07, 6.45) is 14.2. The van der Waals surface area contributed by atoms with Crippen molar-refractivity contribution in [3.8, 4) is 0 Å². The number of likely N-dealkylation sites (tertiary alicyclic amines) is 1.